The van der Waals surface area contributed by atoms with Gasteiger partial charge in [0.25, 0.3) is 5.56 Å². The molecule has 0 unspecified atom stereocenters. The molecule has 98 valence electrons. The Morgan fingerprint density at radius 2 is 1.84 bits per heavy atom. The van der Waals surface area contributed by atoms with Crippen LogP contribution in [-0.4, -0.2) is 10.9 Å². The number of hydrogen-bond donors (Lipinski definition) is 0. The van der Waals surface area contributed by atoms with Crippen LogP contribution in [0.25, 0.3) is 0 Å². The molecule has 0 atom stereocenters. The first-order valence-corrected chi connectivity index (χ1v) is 6.43. The molecule has 1 aromatic heterocycles. The molecule has 0 spiro atoms. The minimum atomic E-state index is -0.377. The van der Waals surface area contributed by atoms with Gasteiger partial charge in [-0.3, -0.25) is 9.59 Å². The zero-order chi connectivity index (χ0) is 14.0. The Bertz CT molecular complexity index is 695. The molecule has 0 aliphatic rings. The predicted octanol–water partition coefficient (Wildman–Crippen LogP) is 3.67. The Morgan fingerprint density at radius 1 is 1.11 bits per heavy atom. The van der Waals surface area contributed by atoms with Crippen LogP contribution in [0.3, 0.4) is 0 Å². The standard InChI is InChI=1S/C13H8Cl3NO2/c14-10-2-1-9(11(15)4-10)6-17-5-8(7-18)3-12(16)13(17)19/h1-5,7H,6H2. The second-order valence-electron chi connectivity index (χ2n) is 3.91. The van der Waals surface area contributed by atoms with Crippen LogP contribution >= 0.6 is 34.8 Å². The number of aldehydes is 1. The van der Waals surface area contributed by atoms with Gasteiger partial charge in [-0.2, -0.15) is 0 Å². The van der Waals surface area contributed by atoms with Crippen molar-refractivity contribution in [2.75, 3.05) is 0 Å². The van der Waals surface area contributed by atoms with Crippen molar-refractivity contribution in [3.63, 3.8) is 0 Å². The molecule has 0 fully saturated rings. The molecule has 0 bridgehead atoms. The number of halogens is 3. The largest absolute Gasteiger partial charge is 0.309 e. The van der Waals surface area contributed by atoms with E-state index in [4.69, 9.17) is 34.8 Å². The molecule has 3 nitrogen and oxygen atoms in total. The first-order valence-electron chi connectivity index (χ1n) is 5.30. The van der Waals surface area contributed by atoms with Crippen molar-refractivity contribution >= 4 is 41.1 Å². The highest BCUT2D eigenvalue weighted by molar-refractivity contribution is 6.35. The van der Waals surface area contributed by atoms with Crippen LogP contribution in [0, 0.1) is 0 Å². The van der Waals surface area contributed by atoms with Crippen molar-refractivity contribution in [2.24, 2.45) is 0 Å². The van der Waals surface area contributed by atoms with E-state index in [1.807, 2.05) is 0 Å². The second kappa shape index (κ2) is 5.78. The van der Waals surface area contributed by atoms with Crippen LogP contribution in [0.4, 0.5) is 0 Å². The molecule has 0 radical (unpaired) electrons. The number of carbonyl (C=O) groups excluding carboxylic acids is 1. The number of rotatable bonds is 3. The van der Waals surface area contributed by atoms with Gasteiger partial charge in [0.15, 0.2) is 6.29 Å². The van der Waals surface area contributed by atoms with E-state index >= 15 is 0 Å². The van der Waals surface area contributed by atoms with Crippen molar-refractivity contribution in [3.05, 3.63) is 67.0 Å². The van der Waals surface area contributed by atoms with Crippen LogP contribution in [0.15, 0.2) is 35.3 Å². The zero-order valence-electron chi connectivity index (χ0n) is 9.57. The summed E-state index contributed by atoms with van der Waals surface area (Å²) in [7, 11) is 0. The number of pyridine rings is 1. The summed E-state index contributed by atoms with van der Waals surface area (Å²) in [5, 5.41) is 0.961. The lowest BCUT2D eigenvalue weighted by Gasteiger charge is -2.09. The fourth-order valence-corrected chi connectivity index (χ4v) is 2.34. The molecule has 0 saturated carbocycles. The Hall–Kier alpha value is -1.29. The molecule has 0 aliphatic heterocycles. The SMILES string of the molecule is O=Cc1cc(Cl)c(=O)n(Cc2ccc(Cl)cc2Cl)c1. The van der Waals surface area contributed by atoms with Crippen LogP contribution in [-0.2, 0) is 6.54 Å². The van der Waals surface area contributed by atoms with Crippen LogP contribution in [0.1, 0.15) is 15.9 Å². The highest BCUT2D eigenvalue weighted by Crippen LogP contribution is 2.21. The van der Waals surface area contributed by atoms with Gasteiger partial charge in [0.2, 0.25) is 0 Å². The lowest BCUT2D eigenvalue weighted by Crippen LogP contribution is -2.21. The van der Waals surface area contributed by atoms with E-state index in [9.17, 15) is 9.59 Å². The van der Waals surface area contributed by atoms with Gasteiger partial charge in [0.1, 0.15) is 5.02 Å². The van der Waals surface area contributed by atoms with Gasteiger partial charge in [0.05, 0.1) is 6.54 Å². The molecule has 19 heavy (non-hydrogen) atoms. The summed E-state index contributed by atoms with van der Waals surface area (Å²) < 4.78 is 1.33. The van der Waals surface area contributed by atoms with Gasteiger partial charge < -0.3 is 4.57 Å². The lowest BCUT2D eigenvalue weighted by molar-refractivity contribution is 0.112. The monoisotopic (exact) mass is 315 g/mol. The molecule has 0 N–H and O–H groups in total. The third kappa shape index (κ3) is 3.18. The van der Waals surface area contributed by atoms with Gasteiger partial charge in [-0.05, 0) is 23.8 Å². The molecular formula is C13H8Cl3NO2. The fourth-order valence-electron chi connectivity index (χ4n) is 1.64. The average molecular weight is 317 g/mol. The minimum absolute atomic E-state index is 0.00492. The lowest BCUT2D eigenvalue weighted by atomic mass is 10.2. The Morgan fingerprint density at radius 3 is 2.47 bits per heavy atom. The molecule has 1 heterocycles. The van der Waals surface area contributed by atoms with Crippen LogP contribution in [0.2, 0.25) is 15.1 Å². The van der Waals surface area contributed by atoms with E-state index < -0.39 is 0 Å². The molecule has 1 aromatic carbocycles. The van der Waals surface area contributed by atoms with E-state index in [0.29, 0.717) is 27.5 Å². The summed E-state index contributed by atoms with van der Waals surface area (Å²) in [6.45, 7) is 0.218. The topological polar surface area (TPSA) is 39.1 Å². The highest BCUT2D eigenvalue weighted by Gasteiger charge is 2.07. The normalized spacial score (nSPS) is 10.5. The molecule has 2 aromatic rings. The number of hydrogen-bond acceptors (Lipinski definition) is 2. The summed E-state index contributed by atoms with van der Waals surface area (Å²) in [5.74, 6) is 0. The van der Waals surface area contributed by atoms with Crippen molar-refractivity contribution in [3.8, 4) is 0 Å². The molecule has 6 heteroatoms. The fraction of sp³-hybridized carbons (Fsp3) is 0.0769. The summed E-state index contributed by atoms with van der Waals surface area (Å²) in [5.41, 5.74) is 0.667. The average Bonchev–Trinajstić information content (AvgIpc) is 2.37. The molecule has 0 saturated heterocycles. The van der Waals surface area contributed by atoms with Gasteiger partial charge in [-0.15, -0.1) is 0 Å². The van der Waals surface area contributed by atoms with Crippen LogP contribution < -0.4 is 5.56 Å². The quantitative estimate of drug-likeness (QED) is 0.811. The number of aromatic nitrogens is 1. The first-order chi connectivity index (χ1) is 9.01. The second-order valence-corrected chi connectivity index (χ2v) is 5.16. The summed E-state index contributed by atoms with van der Waals surface area (Å²) in [6, 6.07) is 6.32. The van der Waals surface area contributed by atoms with Crippen molar-refractivity contribution in [1.29, 1.82) is 0 Å². The zero-order valence-corrected chi connectivity index (χ0v) is 11.8. The summed E-state index contributed by atoms with van der Waals surface area (Å²) in [4.78, 5) is 22.6. The van der Waals surface area contributed by atoms with Gasteiger partial charge in [-0.1, -0.05) is 40.9 Å². The predicted molar refractivity (Wildman–Crippen MR) is 76.7 cm³/mol. The van der Waals surface area contributed by atoms with Crippen LogP contribution in [0.5, 0.6) is 0 Å². The van der Waals surface area contributed by atoms with E-state index in [2.05, 4.69) is 0 Å². The number of nitrogens with zero attached hydrogens (tertiary/aromatic N) is 1. The third-order valence-corrected chi connectivity index (χ3v) is 3.41. The van der Waals surface area contributed by atoms with E-state index in [0.717, 1.165) is 0 Å². The van der Waals surface area contributed by atoms with Gasteiger partial charge >= 0.3 is 0 Å². The Balaban J connectivity index is 2.46. The minimum Gasteiger partial charge on any atom is -0.309 e. The molecular weight excluding hydrogens is 309 g/mol. The Kier molecular flexibility index (Phi) is 4.30. The van der Waals surface area contributed by atoms with Crippen molar-refractivity contribution in [1.82, 2.24) is 4.57 Å². The van der Waals surface area contributed by atoms with Gasteiger partial charge in [-0.25, -0.2) is 0 Å². The van der Waals surface area contributed by atoms with Crippen molar-refractivity contribution < 1.29 is 4.79 Å². The van der Waals surface area contributed by atoms with E-state index in [-0.39, 0.29) is 17.1 Å². The summed E-state index contributed by atoms with van der Waals surface area (Å²) in [6.07, 6.45) is 2.07. The molecule has 0 amide bonds. The maximum atomic E-state index is 11.9. The third-order valence-electron chi connectivity index (χ3n) is 2.56. The Labute approximate surface area is 124 Å². The summed E-state index contributed by atoms with van der Waals surface area (Å²) >= 11 is 17.6. The maximum Gasteiger partial charge on any atom is 0.269 e. The number of carbonyl (C=O) groups is 1. The smallest absolute Gasteiger partial charge is 0.269 e. The maximum absolute atomic E-state index is 11.9. The molecule has 0 aliphatic carbocycles. The van der Waals surface area contributed by atoms with Gasteiger partial charge in [0, 0.05) is 21.8 Å². The highest BCUT2D eigenvalue weighted by atomic mass is 35.5. The van der Waals surface area contributed by atoms with E-state index in [1.54, 1.807) is 18.2 Å². The van der Waals surface area contributed by atoms with E-state index in [1.165, 1.54) is 16.8 Å². The number of benzene rings is 1. The first kappa shape index (κ1) is 14.1. The van der Waals surface area contributed by atoms with Crippen molar-refractivity contribution in [2.45, 2.75) is 6.54 Å². The molecule has 2 rings (SSSR count).